The molecule has 0 spiro atoms. The third-order valence-corrected chi connectivity index (χ3v) is 1.39. The van der Waals surface area contributed by atoms with E-state index in [-0.39, 0.29) is 5.92 Å². The van der Waals surface area contributed by atoms with Gasteiger partial charge in [0, 0.05) is 25.4 Å². The number of carbonyl (C=O) groups is 1. The molecule has 0 aromatic rings. The summed E-state index contributed by atoms with van der Waals surface area (Å²) in [6.45, 7) is 5.27. The van der Waals surface area contributed by atoms with Gasteiger partial charge in [0.15, 0.2) is 0 Å². The Hall–Kier alpha value is -0.370. The van der Waals surface area contributed by atoms with E-state index in [1.807, 2.05) is 0 Å². The van der Waals surface area contributed by atoms with Crippen molar-refractivity contribution < 1.29 is 4.79 Å². The minimum absolute atomic E-state index is 0.00347. The summed E-state index contributed by atoms with van der Waals surface area (Å²) in [5.74, 6) is 0.299. The maximum absolute atomic E-state index is 10.7. The van der Waals surface area contributed by atoms with Crippen molar-refractivity contribution in [3.8, 4) is 0 Å². The van der Waals surface area contributed by atoms with Gasteiger partial charge in [-0.15, -0.1) is 0 Å². The van der Waals surface area contributed by atoms with Crippen molar-refractivity contribution in [1.82, 2.24) is 5.32 Å². The Bertz CT molecular complexity index is 101. The van der Waals surface area contributed by atoms with Gasteiger partial charge in [-0.3, -0.25) is 4.79 Å². The fourth-order valence-corrected chi connectivity index (χ4v) is 0.806. The van der Waals surface area contributed by atoms with Crippen molar-refractivity contribution in [2.75, 3.05) is 13.1 Å². The van der Waals surface area contributed by atoms with Crippen LogP contribution >= 0.6 is 0 Å². The predicted octanol–water partition coefficient (Wildman–Crippen LogP) is -0.000910. The normalized spacial score (nSPS) is 30.6. The molecule has 45 valence electrons. The molecule has 1 fully saturated rings. The van der Waals surface area contributed by atoms with Crippen LogP contribution in [0.1, 0.15) is 6.42 Å². The smallest absolute Gasteiger partial charge is 0.138 e. The van der Waals surface area contributed by atoms with Crippen LogP contribution in [-0.4, -0.2) is 18.9 Å². The van der Waals surface area contributed by atoms with E-state index >= 15 is 0 Å². The molecule has 2 nitrogen and oxygen atoms in total. The number of hydrogen-bond donors (Lipinski definition) is 1. The van der Waals surface area contributed by atoms with Crippen LogP contribution in [0.25, 0.3) is 0 Å². The molecule has 1 N–H and O–H groups in total. The van der Waals surface area contributed by atoms with Gasteiger partial charge in [-0.2, -0.15) is 0 Å². The molecular weight excluding hydrogens is 102 g/mol. The largest absolute Gasteiger partial charge is 0.316 e. The second-order valence-corrected chi connectivity index (χ2v) is 2.12. The summed E-state index contributed by atoms with van der Waals surface area (Å²) in [7, 11) is 0. The molecule has 0 saturated carbocycles. The SMILES string of the molecule is [CH2]C1CNCCC1=O. The van der Waals surface area contributed by atoms with Crippen LogP contribution in [0.3, 0.4) is 0 Å². The molecule has 1 atom stereocenters. The molecule has 2 heteroatoms. The van der Waals surface area contributed by atoms with Crippen molar-refractivity contribution >= 4 is 5.78 Å². The van der Waals surface area contributed by atoms with Crippen molar-refractivity contribution in [2.24, 2.45) is 5.92 Å². The van der Waals surface area contributed by atoms with Crippen molar-refractivity contribution in [3.63, 3.8) is 0 Å². The van der Waals surface area contributed by atoms with E-state index in [0.717, 1.165) is 13.1 Å². The first-order chi connectivity index (χ1) is 3.80. The van der Waals surface area contributed by atoms with Crippen LogP contribution in [-0.2, 0) is 4.79 Å². The molecule has 0 aliphatic carbocycles. The van der Waals surface area contributed by atoms with Gasteiger partial charge >= 0.3 is 0 Å². The lowest BCUT2D eigenvalue weighted by atomic mass is 10.0. The lowest BCUT2D eigenvalue weighted by Crippen LogP contribution is -2.35. The van der Waals surface area contributed by atoms with E-state index in [9.17, 15) is 4.79 Å². The first kappa shape index (κ1) is 5.76. The van der Waals surface area contributed by atoms with Gasteiger partial charge in [0.05, 0.1) is 0 Å². The average molecular weight is 112 g/mol. The first-order valence-corrected chi connectivity index (χ1v) is 2.87. The van der Waals surface area contributed by atoms with E-state index in [0.29, 0.717) is 12.2 Å². The van der Waals surface area contributed by atoms with Crippen LogP contribution in [0.15, 0.2) is 0 Å². The van der Waals surface area contributed by atoms with Crippen LogP contribution < -0.4 is 5.32 Å². The number of piperidine rings is 1. The number of Topliss-reactive ketones (excluding diaryl/α,β-unsaturated/α-hetero) is 1. The summed E-state index contributed by atoms with van der Waals surface area (Å²) in [6, 6.07) is 0. The van der Waals surface area contributed by atoms with Gasteiger partial charge in [-0.05, 0) is 6.92 Å². The maximum atomic E-state index is 10.7. The lowest BCUT2D eigenvalue weighted by molar-refractivity contribution is -0.122. The Morgan fingerprint density at radius 1 is 1.75 bits per heavy atom. The molecule has 1 saturated heterocycles. The minimum Gasteiger partial charge on any atom is -0.316 e. The summed E-state index contributed by atoms with van der Waals surface area (Å²) in [6.07, 6.45) is 0.661. The highest BCUT2D eigenvalue weighted by atomic mass is 16.1. The van der Waals surface area contributed by atoms with Gasteiger partial charge in [-0.1, -0.05) is 0 Å². The summed E-state index contributed by atoms with van der Waals surface area (Å²) in [5, 5.41) is 3.08. The molecule has 0 bridgehead atoms. The monoisotopic (exact) mass is 112 g/mol. The summed E-state index contributed by atoms with van der Waals surface area (Å²) in [5.41, 5.74) is 0. The van der Waals surface area contributed by atoms with E-state index in [1.165, 1.54) is 0 Å². The van der Waals surface area contributed by atoms with Gasteiger partial charge < -0.3 is 5.32 Å². The lowest BCUT2D eigenvalue weighted by Gasteiger charge is -2.16. The third kappa shape index (κ3) is 1.07. The standard InChI is InChI=1S/C6H10NO/c1-5-4-7-3-2-6(5)8/h5,7H,1-4H2. The summed E-state index contributed by atoms with van der Waals surface area (Å²) in [4.78, 5) is 10.7. The molecule has 8 heavy (non-hydrogen) atoms. The van der Waals surface area contributed by atoms with Crippen LogP contribution in [0.4, 0.5) is 0 Å². The fraction of sp³-hybridized carbons (Fsp3) is 0.667. The predicted molar refractivity (Wildman–Crippen MR) is 31.3 cm³/mol. The molecule has 1 aliphatic rings. The van der Waals surface area contributed by atoms with E-state index in [4.69, 9.17) is 0 Å². The highest BCUT2D eigenvalue weighted by Gasteiger charge is 2.15. The molecule has 1 rings (SSSR count). The third-order valence-electron chi connectivity index (χ3n) is 1.39. The average Bonchev–Trinajstić information content (AvgIpc) is 1.77. The second-order valence-electron chi connectivity index (χ2n) is 2.12. The highest BCUT2D eigenvalue weighted by Crippen LogP contribution is 2.01. The molecule has 1 radical (unpaired) electrons. The molecule has 0 aromatic carbocycles. The van der Waals surface area contributed by atoms with Crippen LogP contribution in [0, 0.1) is 12.8 Å². The highest BCUT2D eigenvalue weighted by molar-refractivity contribution is 5.82. The van der Waals surface area contributed by atoms with Gasteiger partial charge in [-0.25, -0.2) is 0 Å². The van der Waals surface area contributed by atoms with Crippen molar-refractivity contribution in [2.45, 2.75) is 6.42 Å². The Balaban J connectivity index is 2.39. The second kappa shape index (κ2) is 2.27. The molecule has 1 aliphatic heterocycles. The van der Waals surface area contributed by atoms with Crippen LogP contribution in [0.5, 0.6) is 0 Å². The Labute approximate surface area is 49.3 Å². The topological polar surface area (TPSA) is 29.1 Å². The zero-order valence-corrected chi connectivity index (χ0v) is 4.81. The van der Waals surface area contributed by atoms with E-state index < -0.39 is 0 Å². The number of ketones is 1. The fourth-order valence-electron chi connectivity index (χ4n) is 0.806. The zero-order valence-electron chi connectivity index (χ0n) is 4.81. The maximum Gasteiger partial charge on any atom is 0.138 e. The minimum atomic E-state index is 0.00347. The first-order valence-electron chi connectivity index (χ1n) is 2.87. The zero-order chi connectivity index (χ0) is 5.98. The number of hydrogen-bond acceptors (Lipinski definition) is 2. The van der Waals surface area contributed by atoms with Gasteiger partial charge in [0.2, 0.25) is 0 Å². The quantitative estimate of drug-likeness (QED) is 0.478. The number of nitrogens with one attached hydrogen (secondary N) is 1. The molecule has 1 unspecified atom stereocenters. The van der Waals surface area contributed by atoms with Crippen molar-refractivity contribution in [1.29, 1.82) is 0 Å². The summed E-state index contributed by atoms with van der Waals surface area (Å²) < 4.78 is 0. The Morgan fingerprint density at radius 2 is 2.50 bits per heavy atom. The molecular formula is C6H10NO. The number of carbonyl (C=O) groups excluding carboxylic acids is 1. The number of rotatable bonds is 0. The molecule has 0 amide bonds. The van der Waals surface area contributed by atoms with Crippen molar-refractivity contribution in [3.05, 3.63) is 6.92 Å². The van der Waals surface area contributed by atoms with Gasteiger partial charge in [0.1, 0.15) is 5.78 Å². The van der Waals surface area contributed by atoms with E-state index in [2.05, 4.69) is 12.2 Å². The molecule has 1 heterocycles. The van der Waals surface area contributed by atoms with E-state index in [1.54, 1.807) is 0 Å². The summed E-state index contributed by atoms with van der Waals surface area (Å²) >= 11 is 0. The molecule has 0 aromatic heterocycles. The van der Waals surface area contributed by atoms with Crippen LogP contribution in [0.2, 0.25) is 0 Å². The Kier molecular flexibility index (Phi) is 1.63. The Morgan fingerprint density at radius 3 is 2.88 bits per heavy atom. The van der Waals surface area contributed by atoms with Gasteiger partial charge in [0.25, 0.3) is 0 Å².